The van der Waals surface area contributed by atoms with Gasteiger partial charge in [0.15, 0.2) is 0 Å². The molecule has 2 heterocycles. The van der Waals surface area contributed by atoms with Crippen LogP contribution in [0.1, 0.15) is 18.4 Å². The summed E-state index contributed by atoms with van der Waals surface area (Å²) in [6.45, 7) is 5.80. The molecule has 5 nitrogen and oxygen atoms in total. The summed E-state index contributed by atoms with van der Waals surface area (Å²) in [6.07, 6.45) is 1.95. The fraction of sp³-hybridized carbons (Fsp3) is 0.600. The van der Waals surface area contributed by atoms with E-state index in [0.717, 1.165) is 29.1 Å². The molecule has 22 heavy (non-hydrogen) atoms. The van der Waals surface area contributed by atoms with Crippen LogP contribution in [0.2, 0.25) is 5.02 Å². The maximum absolute atomic E-state index is 12.6. The van der Waals surface area contributed by atoms with Crippen LogP contribution in [0.15, 0.2) is 18.2 Å². The van der Waals surface area contributed by atoms with Gasteiger partial charge in [0, 0.05) is 50.0 Å². The molecule has 2 aliphatic rings. The minimum atomic E-state index is -3.27. The lowest BCUT2D eigenvalue weighted by Crippen LogP contribution is -2.52. The molecule has 0 aliphatic carbocycles. The molecule has 0 amide bonds. The summed E-state index contributed by atoms with van der Waals surface area (Å²) in [6, 6.07) is 5.87. The molecule has 2 fully saturated rings. The van der Waals surface area contributed by atoms with E-state index < -0.39 is 10.2 Å². The average Bonchev–Trinajstić information content (AvgIpc) is 3.05. The van der Waals surface area contributed by atoms with Crippen molar-refractivity contribution < 1.29 is 8.42 Å². The van der Waals surface area contributed by atoms with Crippen LogP contribution in [-0.2, 0) is 10.2 Å². The fourth-order valence-electron chi connectivity index (χ4n) is 3.18. The lowest BCUT2D eigenvalue weighted by Gasteiger charge is -2.37. The molecular formula is C15H22ClN3O2S. The second kappa shape index (κ2) is 6.35. The van der Waals surface area contributed by atoms with Crippen molar-refractivity contribution in [2.24, 2.45) is 0 Å². The van der Waals surface area contributed by atoms with E-state index in [1.807, 2.05) is 25.1 Å². The minimum Gasteiger partial charge on any atom is -0.369 e. The number of rotatable bonds is 3. The standard InChI is InChI=1S/C15H22ClN3O2S/c1-13-14(16)5-4-6-15(13)17-9-11-19(12-10-17)22(20,21)18-7-2-3-8-18/h4-6H,2-3,7-12H2,1H3. The van der Waals surface area contributed by atoms with E-state index >= 15 is 0 Å². The Balaban J connectivity index is 1.69. The van der Waals surface area contributed by atoms with Crippen LogP contribution in [0.4, 0.5) is 5.69 Å². The van der Waals surface area contributed by atoms with Gasteiger partial charge in [-0.1, -0.05) is 17.7 Å². The maximum atomic E-state index is 12.6. The van der Waals surface area contributed by atoms with Crippen LogP contribution in [0.5, 0.6) is 0 Å². The van der Waals surface area contributed by atoms with Crippen molar-refractivity contribution in [2.75, 3.05) is 44.2 Å². The van der Waals surface area contributed by atoms with Crippen molar-refractivity contribution in [3.63, 3.8) is 0 Å². The van der Waals surface area contributed by atoms with Crippen LogP contribution in [-0.4, -0.2) is 56.3 Å². The third-order valence-electron chi connectivity index (χ3n) is 4.54. The quantitative estimate of drug-likeness (QED) is 0.844. The number of anilines is 1. The van der Waals surface area contributed by atoms with Crippen molar-refractivity contribution in [1.82, 2.24) is 8.61 Å². The lowest BCUT2D eigenvalue weighted by atomic mass is 10.1. The highest BCUT2D eigenvalue weighted by Gasteiger charge is 2.33. The Hall–Kier alpha value is -0.820. The smallest absolute Gasteiger partial charge is 0.282 e. The third kappa shape index (κ3) is 2.97. The monoisotopic (exact) mass is 343 g/mol. The highest BCUT2D eigenvalue weighted by molar-refractivity contribution is 7.86. The Labute approximate surface area is 137 Å². The van der Waals surface area contributed by atoms with Crippen molar-refractivity contribution in [1.29, 1.82) is 0 Å². The summed E-state index contributed by atoms with van der Waals surface area (Å²) < 4.78 is 28.4. The van der Waals surface area contributed by atoms with E-state index in [9.17, 15) is 8.42 Å². The minimum absolute atomic E-state index is 0.533. The molecule has 0 aromatic heterocycles. The first-order valence-electron chi connectivity index (χ1n) is 7.75. The Morgan fingerprint density at radius 1 is 0.955 bits per heavy atom. The first-order valence-corrected chi connectivity index (χ1v) is 9.53. The van der Waals surface area contributed by atoms with Gasteiger partial charge in [-0.3, -0.25) is 0 Å². The van der Waals surface area contributed by atoms with E-state index in [1.165, 1.54) is 0 Å². The van der Waals surface area contributed by atoms with E-state index in [2.05, 4.69) is 4.90 Å². The van der Waals surface area contributed by atoms with Gasteiger partial charge in [-0.25, -0.2) is 0 Å². The lowest BCUT2D eigenvalue weighted by molar-refractivity contribution is 0.343. The normalized spacial score (nSPS) is 21.5. The number of piperazine rings is 1. The van der Waals surface area contributed by atoms with Crippen molar-refractivity contribution >= 4 is 27.5 Å². The molecule has 1 aromatic rings. The van der Waals surface area contributed by atoms with E-state index in [-0.39, 0.29) is 0 Å². The molecule has 0 atom stereocenters. The number of hydrogen-bond acceptors (Lipinski definition) is 3. The number of nitrogens with zero attached hydrogens (tertiary/aromatic N) is 3. The summed E-state index contributed by atoms with van der Waals surface area (Å²) in [5, 5.41) is 0.754. The van der Waals surface area contributed by atoms with Crippen LogP contribution < -0.4 is 4.90 Å². The molecule has 1 aromatic carbocycles. The van der Waals surface area contributed by atoms with Gasteiger partial charge in [0.05, 0.1) is 0 Å². The predicted octanol–water partition coefficient (Wildman–Crippen LogP) is 2.11. The molecule has 7 heteroatoms. The molecule has 122 valence electrons. The van der Waals surface area contributed by atoms with Gasteiger partial charge in [0.2, 0.25) is 0 Å². The zero-order valence-electron chi connectivity index (χ0n) is 12.8. The van der Waals surface area contributed by atoms with E-state index in [1.54, 1.807) is 8.61 Å². The Kier molecular flexibility index (Phi) is 4.64. The van der Waals surface area contributed by atoms with Gasteiger partial charge < -0.3 is 4.90 Å². The zero-order chi connectivity index (χ0) is 15.7. The highest BCUT2D eigenvalue weighted by Crippen LogP contribution is 2.28. The maximum Gasteiger partial charge on any atom is 0.282 e. The molecule has 2 saturated heterocycles. The van der Waals surface area contributed by atoms with Gasteiger partial charge in [-0.2, -0.15) is 17.0 Å². The first kappa shape index (κ1) is 16.1. The topological polar surface area (TPSA) is 43.9 Å². The zero-order valence-corrected chi connectivity index (χ0v) is 14.4. The van der Waals surface area contributed by atoms with Crippen LogP contribution in [0.3, 0.4) is 0 Å². The van der Waals surface area contributed by atoms with E-state index in [4.69, 9.17) is 11.6 Å². The summed E-state index contributed by atoms with van der Waals surface area (Å²) in [4.78, 5) is 2.22. The van der Waals surface area contributed by atoms with Gasteiger partial charge in [-0.05, 0) is 37.5 Å². The van der Waals surface area contributed by atoms with Gasteiger partial charge in [0.25, 0.3) is 10.2 Å². The van der Waals surface area contributed by atoms with Crippen molar-refractivity contribution in [3.05, 3.63) is 28.8 Å². The molecule has 3 rings (SSSR count). The highest BCUT2D eigenvalue weighted by atomic mass is 35.5. The Morgan fingerprint density at radius 2 is 1.55 bits per heavy atom. The van der Waals surface area contributed by atoms with Gasteiger partial charge in [-0.15, -0.1) is 0 Å². The summed E-state index contributed by atoms with van der Waals surface area (Å²) >= 11 is 6.18. The number of benzene rings is 1. The first-order chi connectivity index (χ1) is 10.5. The van der Waals surface area contributed by atoms with Crippen molar-refractivity contribution in [3.8, 4) is 0 Å². The molecular weight excluding hydrogens is 322 g/mol. The molecule has 0 saturated carbocycles. The Morgan fingerprint density at radius 3 is 2.18 bits per heavy atom. The van der Waals surface area contributed by atoms with Gasteiger partial charge >= 0.3 is 0 Å². The van der Waals surface area contributed by atoms with Crippen LogP contribution in [0, 0.1) is 6.92 Å². The van der Waals surface area contributed by atoms with E-state index in [0.29, 0.717) is 39.3 Å². The average molecular weight is 344 g/mol. The summed E-state index contributed by atoms with van der Waals surface area (Å²) in [5.41, 5.74) is 2.16. The summed E-state index contributed by atoms with van der Waals surface area (Å²) in [5.74, 6) is 0. The summed E-state index contributed by atoms with van der Waals surface area (Å²) in [7, 11) is -3.27. The fourth-order valence-corrected chi connectivity index (χ4v) is 5.02. The second-order valence-corrected chi connectivity index (χ2v) is 8.22. The molecule has 0 radical (unpaired) electrons. The molecule has 0 unspecified atom stereocenters. The number of hydrogen-bond donors (Lipinski definition) is 0. The molecule has 0 bridgehead atoms. The third-order valence-corrected chi connectivity index (χ3v) is 6.98. The SMILES string of the molecule is Cc1c(Cl)cccc1N1CCN(S(=O)(=O)N2CCCC2)CC1. The largest absolute Gasteiger partial charge is 0.369 e. The van der Waals surface area contributed by atoms with Crippen LogP contribution >= 0.6 is 11.6 Å². The van der Waals surface area contributed by atoms with Crippen LogP contribution in [0.25, 0.3) is 0 Å². The molecule has 2 aliphatic heterocycles. The predicted molar refractivity (Wildman–Crippen MR) is 89.7 cm³/mol. The number of halogens is 1. The van der Waals surface area contributed by atoms with Crippen molar-refractivity contribution in [2.45, 2.75) is 19.8 Å². The Bertz CT molecular complexity index is 636. The second-order valence-electron chi connectivity index (χ2n) is 5.88. The van der Waals surface area contributed by atoms with Gasteiger partial charge in [0.1, 0.15) is 0 Å². The molecule has 0 N–H and O–H groups in total. The molecule has 0 spiro atoms.